The Hall–Kier alpha value is -1.06. The number of ether oxygens (including phenoxy) is 1. The van der Waals surface area contributed by atoms with Crippen LogP contribution in [0.15, 0.2) is 24.3 Å². The third kappa shape index (κ3) is 3.53. The van der Waals surface area contributed by atoms with Crippen LogP contribution in [0.1, 0.15) is 38.7 Å². The molecule has 0 aliphatic heterocycles. The number of benzene rings is 1. The quantitative estimate of drug-likeness (QED) is 0.641. The Morgan fingerprint density at radius 1 is 1.25 bits per heavy atom. The van der Waals surface area contributed by atoms with Crippen LogP contribution in [0.4, 0.5) is 0 Å². The molecule has 1 aliphatic rings. The summed E-state index contributed by atoms with van der Waals surface area (Å²) in [6.07, 6.45) is 4.79. The van der Waals surface area contributed by atoms with E-state index in [1.807, 2.05) is 12.1 Å². The van der Waals surface area contributed by atoms with Gasteiger partial charge < -0.3 is 4.74 Å². The largest absolute Gasteiger partial charge is 0.496 e. The van der Waals surface area contributed by atoms with Crippen molar-refractivity contribution in [3.63, 3.8) is 0 Å². The number of nitrogens with one attached hydrogen (secondary N) is 1. The van der Waals surface area contributed by atoms with E-state index in [0.29, 0.717) is 12.0 Å². The highest BCUT2D eigenvalue weighted by molar-refractivity contribution is 5.33. The molecule has 0 saturated heterocycles. The molecule has 3 N–H and O–H groups in total. The molecule has 1 aliphatic carbocycles. The molecule has 0 amide bonds. The molecule has 0 heterocycles. The van der Waals surface area contributed by atoms with Gasteiger partial charge in [0.15, 0.2) is 0 Å². The minimum absolute atomic E-state index is 0.334. The van der Waals surface area contributed by atoms with Gasteiger partial charge in [0.2, 0.25) is 0 Å². The monoisotopic (exact) mass is 276 g/mol. The summed E-state index contributed by atoms with van der Waals surface area (Å²) in [5.41, 5.74) is 4.29. The number of para-hydroxylation sites is 1. The highest BCUT2D eigenvalue weighted by Gasteiger charge is 2.30. The second kappa shape index (κ2) is 7.09. The Morgan fingerprint density at radius 2 is 2.00 bits per heavy atom. The predicted molar refractivity (Wildman–Crippen MR) is 83.5 cm³/mol. The maximum atomic E-state index is 5.83. The van der Waals surface area contributed by atoms with Crippen LogP contribution in [-0.2, 0) is 6.42 Å². The molecule has 1 aromatic carbocycles. The van der Waals surface area contributed by atoms with Crippen molar-refractivity contribution >= 4 is 0 Å². The van der Waals surface area contributed by atoms with E-state index in [2.05, 4.69) is 31.4 Å². The van der Waals surface area contributed by atoms with Gasteiger partial charge in [-0.15, -0.1) is 0 Å². The molecule has 0 aromatic heterocycles. The van der Waals surface area contributed by atoms with Crippen LogP contribution in [0.3, 0.4) is 0 Å². The van der Waals surface area contributed by atoms with Crippen molar-refractivity contribution in [1.82, 2.24) is 5.43 Å². The molecule has 3 heteroatoms. The lowest BCUT2D eigenvalue weighted by Gasteiger charge is -2.36. The van der Waals surface area contributed by atoms with Crippen LogP contribution in [-0.4, -0.2) is 13.2 Å². The Morgan fingerprint density at radius 3 is 2.65 bits per heavy atom. The predicted octanol–water partition coefficient (Wildman–Crippen LogP) is 3.14. The van der Waals surface area contributed by atoms with Gasteiger partial charge in [-0.25, -0.2) is 0 Å². The van der Waals surface area contributed by atoms with E-state index in [1.54, 1.807) is 7.11 Å². The highest BCUT2D eigenvalue weighted by Crippen LogP contribution is 2.36. The second-order valence-corrected chi connectivity index (χ2v) is 6.32. The fourth-order valence-electron chi connectivity index (χ4n) is 3.42. The first kappa shape index (κ1) is 15.3. The molecule has 112 valence electrons. The maximum Gasteiger partial charge on any atom is 0.122 e. The molecule has 20 heavy (non-hydrogen) atoms. The number of methoxy groups -OCH3 is 1. The third-order valence-corrected chi connectivity index (χ3v) is 5.05. The Kier molecular flexibility index (Phi) is 5.44. The minimum atomic E-state index is 0.334. The molecule has 4 atom stereocenters. The average molecular weight is 276 g/mol. The van der Waals surface area contributed by atoms with E-state index in [9.17, 15) is 0 Å². The van der Waals surface area contributed by atoms with Crippen molar-refractivity contribution in [2.45, 2.75) is 45.6 Å². The first-order valence-corrected chi connectivity index (χ1v) is 7.73. The average Bonchev–Trinajstić information content (AvgIpc) is 2.48. The lowest BCUT2D eigenvalue weighted by molar-refractivity contribution is 0.170. The summed E-state index contributed by atoms with van der Waals surface area (Å²) in [5.74, 6) is 9.10. The van der Waals surface area contributed by atoms with Crippen LogP contribution in [0, 0.1) is 17.8 Å². The molecule has 2 rings (SSSR count). The lowest BCUT2D eigenvalue weighted by Crippen LogP contribution is -2.44. The lowest BCUT2D eigenvalue weighted by atomic mass is 9.72. The van der Waals surface area contributed by atoms with Crippen molar-refractivity contribution in [3.05, 3.63) is 29.8 Å². The number of hydrogen-bond donors (Lipinski definition) is 2. The zero-order chi connectivity index (χ0) is 14.5. The van der Waals surface area contributed by atoms with Gasteiger partial charge in [-0.1, -0.05) is 38.5 Å². The number of nitrogens with two attached hydrogens (primary N) is 1. The van der Waals surface area contributed by atoms with Crippen LogP contribution in [0.2, 0.25) is 0 Å². The summed E-state index contributed by atoms with van der Waals surface area (Å²) in [6.45, 7) is 4.74. The van der Waals surface area contributed by atoms with Crippen LogP contribution >= 0.6 is 0 Å². The molecule has 0 spiro atoms. The first-order chi connectivity index (χ1) is 9.65. The molecule has 1 fully saturated rings. The Balaban J connectivity index is 2.05. The van der Waals surface area contributed by atoms with Crippen LogP contribution in [0.25, 0.3) is 0 Å². The van der Waals surface area contributed by atoms with Crippen molar-refractivity contribution in [1.29, 1.82) is 0 Å². The van der Waals surface area contributed by atoms with Gasteiger partial charge in [-0.05, 0) is 48.6 Å². The summed E-state index contributed by atoms with van der Waals surface area (Å²) >= 11 is 0. The van der Waals surface area contributed by atoms with Gasteiger partial charge in [-0.3, -0.25) is 11.3 Å². The zero-order valence-corrected chi connectivity index (χ0v) is 12.9. The molecule has 0 bridgehead atoms. The summed E-state index contributed by atoms with van der Waals surface area (Å²) in [5, 5.41) is 0. The smallest absolute Gasteiger partial charge is 0.122 e. The highest BCUT2D eigenvalue weighted by atomic mass is 16.5. The maximum absolute atomic E-state index is 5.83. The van der Waals surface area contributed by atoms with E-state index in [4.69, 9.17) is 10.6 Å². The fraction of sp³-hybridized carbons (Fsp3) is 0.647. The van der Waals surface area contributed by atoms with E-state index in [-0.39, 0.29) is 0 Å². The van der Waals surface area contributed by atoms with Gasteiger partial charge in [-0.2, -0.15) is 0 Å². The van der Waals surface area contributed by atoms with Crippen LogP contribution in [0.5, 0.6) is 5.75 Å². The van der Waals surface area contributed by atoms with Gasteiger partial charge in [0.05, 0.1) is 7.11 Å². The SMILES string of the molecule is COc1ccccc1CC(NN)C1CCC(C)C(C)C1. The van der Waals surface area contributed by atoms with Gasteiger partial charge in [0, 0.05) is 6.04 Å². The molecule has 1 saturated carbocycles. The minimum Gasteiger partial charge on any atom is -0.496 e. The van der Waals surface area contributed by atoms with E-state index in [0.717, 1.165) is 24.0 Å². The molecule has 0 radical (unpaired) electrons. The molecular weight excluding hydrogens is 248 g/mol. The van der Waals surface area contributed by atoms with Gasteiger partial charge in [0.1, 0.15) is 5.75 Å². The summed E-state index contributed by atoms with van der Waals surface area (Å²) in [4.78, 5) is 0. The van der Waals surface area contributed by atoms with Crippen LogP contribution < -0.4 is 16.0 Å². The number of hydrazine groups is 1. The van der Waals surface area contributed by atoms with Gasteiger partial charge in [0.25, 0.3) is 0 Å². The molecule has 1 aromatic rings. The number of rotatable bonds is 5. The normalized spacial score (nSPS) is 28.1. The van der Waals surface area contributed by atoms with Crippen molar-refractivity contribution in [3.8, 4) is 5.75 Å². The second-order valence-electron chi connectivity index (χ2n) is 6.32. The summed E-state index contributed by atoms with van der Waals surface area (Å²) < 4.78 is 5.45. The van der Waals surface area contributed by atoms with Crippen molar-refractivity contribution < 1.29 is 4.74 Å². The van der Waals surface area contributed by atoms with Crippen molar-refractivity contribution in [2.75, 3.05) is 7.11 Å². The Bertz CT molecular complexity index is 421. The van der Waals surface area contributed by atoms with E-state index in [1.165, 1.54) is 24.8 Å². The van der Waals surface area contributed by atoms with Gasteiger partial charge >= 0.3 is 0 Å². The van der Waals surface area contributed by atoms with E-state index >= 15 is 0 Å². The zero-order valence-electron chi connectivity index (χ0n) is 12.9. The first-order valence-electron chi connectivity index (χ1n) is 7.73. The number of hydrogen-bond acceptors (Lipinski definition) is 3. The standard InChI is InChI=1S/C17H28N2O/c1-12-8-9-14(10-13(12)2)16(19-18)11-15-6-4-5-7-17(15)20-3/h4-7,12-14,16,19H,8-11,18H2,1-3H3. The summed E-state index contributed by atoms with van der Waals surface area (Å²) in [7, 11) is 1.73. The Labute approximate surface area is 122 Å². The molecule has 4 unspecified atom stereocenters. The van der Waals surface area contributed by atoms with Crippen molar-refractivity contribution in [2.24, 2.45) is 23.6 Å². The molecular formula is C17H28N2O. The fourth-order valence-corrected chi connectivity index (χ4v) is 3.42. The topological polar surface area (TPSA) is 47.3 Å². The summed E-state index contributed by atoms with van der Waals surface area (Å²) in [6, 6.07) is 8.57. The molecule has 3 nitrogen and oxygen atoms in total. The third-order valence-electron chi connectivity index (χ3n) is 5.05. The van der Waals surface area contributed by atoms with E-state index < -0.39 is 0 Å².